The van der Waals surface area contributed by atoms with Gasteiger partial charge in [0.2, 0.25) is 0 Å². The van der Waals surface area contributed by atoms with Gasteiger partial charge in [0.1, 0.15) is 5.75 Å². The van der Waals surface area contributed by atoms with Gasteiger partial charge >= 0.3 is 0 Å². The highest BCUT2D eigenvalue weighted by atomic mass is 35.5. The van der Waals surface area contributed by atoms with Gasteiger partial charge in [-0.15, -0.1) is 12.4 Å². The summed E-state index contributed by atoms with van der Waals surface area (Å²) < 4.78 is 38.5. The standard InChI is InChI=1S/C15H25NO2.ClH/c1-3-16(10-4-5-11-17)13(2)12-14-6-8-15(18)9-7-14;/h6-9,13,17-18H,3-5,10-12H2,1-2H3;1H/i1D3,3D2;. The van der Waals surface area contributed by atoms with Crippen LogP contribution in [0.15, 0.2) is 24.3 Å². The number of aromatic hydroxyl groups is 1. The fourth-order valence-electron chi connectivity index (χ4n) is 1.86. The second-order valence-electron chi connectivity index (χ2n) is 4.46. The van der Waals surface area contributed by atoms with Crippen molar-refractivity contribution in [3.05, 3.63) is 29.8 Å². The summed E-state index contributed by atoms with van der Waals surface area (Å²) in [6.45, 7) is -3.16. The number of nitrogens with zero attached hydrogens (tertiary/aromatic N) is 1. The van der Waals surface area contributed by atoms with Gasteiger partial charge in [0.05, 0.1) is 0 Å². The topological polar surface area (TPSA) is 43.7 Å². The van der Waals surface area contributed by atoms with Crippen LogP contribution in [0.5, 0.6) is 5.75 Å². The van der Waals surface area contributed by atoms with E-state index in [9.17, 15) is 5.11 Å². The second-order valence-corrected chi connectivity index (χ2v) is 4.46. The van der Waals surface area contributed by atoms with Crippen LogP contribution in [0, 0.1) is 0 Å². The third-order valence-corrected chi connectivity index (χ3v) is 2.95. The molecule has 1 unspecified atom stereocenters. The third kappa shape index (κ3) is 6.81. The Morgan fingerprint density at radius 2 is 2.00 bits per heavy atom. The third-order valence-electron chi connectivity index (χ3n) is 2.95. The summed E-state index contributed by atoms with van der Waals surface area (Å²) in [5.74, 6) is 0.152. The Morgan fingerprint density at radius 3 is 2.58 bits per heavy atom. The SMILES string of the molecule is Cl.[2H]C([2H])([2H])C([2H])([2H])N(CCCCO)C(C)Cc1ccc(O)cc1. The molecule has 1 atom stereocenters. The molecule has 0 aliphatic carbocycles. The average molecular weight is 293 g/mol. The van der Waals surface area contributed by atoms with Crippen LogP contribution in [0.3, 0.4) is 0 Å². The van der Waals surface area contributed by atoms with Crippen LogP contribution in [-0.4, -0.2) is 40.8 Å². The van der Waals surface area contributed by atoms with Crippen molar-refractivity contribution in [3.63, 3.8) is 0 Å². The van der Waals surface area contributed by atoms with Crippen molar-refractivity contribution in [2.75, 3.05) is 19.6 Å². The molecular formula is C15H26ClNO2. The maximum absolute atomic E-state index is 9.31. The number of halogens is 1. The van der Waals surface area contributed by atoms with Gasteiger partial charge < -0.3 is 15.1 Å². The number of phenolic OH excluding ortho intramolecular Hbond substituents is 1. The highest BCUT2D eigenvalue weighted by Crippen LogP contribution is 2.13. The molecule has 110 valence electrons. The number of aliphatic hydroxyl groups is 1. The van der Waals surface area contributed by atoms with Crippen LogP contribution in [-0.2, 0) is 6.42 Å². The zero-order chi connectivity index (χ0) is 17.7. The average Bonchev–Trinajstić information content (AvgIpc) is 2.44. The monoisotopic (exact) mass is 292 g/mol. The molecule has 1 rings (SSSR count). The van der Waals surface area contributed by atoms with Crippen molar-refractivity contribution < 1.29 is 17.1 Å². The number of phenols is 1. The summed E-state index contributed by atoms with van der Waals surface area (Å²) in [6.07, 6.45) is 1.49. The highest BCUT2D eigenvalue weighted by molar-refractivity contribution is 5.85. The Balaban J connectivity index is 0.00000529. The Bertz CT molecular complexity index is 482. The van der Waals surface area contributed by atoms with E-state index in [0.717, 1.165) is 5.56 Å². The maximum Gasteiger partial charge on any atom is 0.115 e. The fourth-order valence-corrected chi connectivity index (χ4v) is 1.86. The van der Waals surface area contributed by atoms with Gasteiger partial charge in [-0.1, -0.05) is 19.0 Å². The number of hydrogen-bond acceptors (Lipinski definition) is 3. The molecule has 1 aromatic carbocycles. The molecule has 0 saturated carbocycles. The molecule has 2 N–H and O–H groups in total. The molecule has 0 fully saturated rings. The van der Waals surface area contributed by atoms with Crippen LogP contribution < -0.4 is 0 Å². The van der Waals surface area contributed by atoms with E-state index in [1.54, 1.807) is 31.2 Å². The minimum absolute atomic E-state index is 0. The Hall–Kier alpha value is -0.770. The van der Waals surface area contributed by atoms with Crippen molar-refractivity contribution in [3.8, 4) is 5.75 Å². The Labute approximate surface area is 129 Å². The molecule has 1 aromatic rings. The molecule has 3 nitrogen and oxygen atoms in total. The second kappa shape index (κ2) is 10.1. The summed E-state index contributed by atoms with van der Waals surface area (Å²) in [7, 11) is 0. The van der Waals surface area contributed by atoms with Crippen LogP contribution in [0.4, 0.5) is 0 Å². The van der Waals surface area contributed by atoms with Gasteiger partial charge in [-0.05, 0) is 56.9 Å². The van der Waals surface area contributed by atoms with Gasteiger partial charge in [-0.2, -0.15) is 0 Å². The smallest absolute Gasteiger partial charge is 0.115 e. The van der Waals surface area contributed by atoms with E-state index in [-0.39, 0.29) is 37.4 Å². The zero-order valence-electron chi connectivity index (χ0n) is 16.2. The first kappa shape index (κ1) is 11.0. The van der Waals surface area contributed by atoms with E-state index in [1.165, 1.54) is 4.90 Å². The van der Waals surface area contributed by atoms with E-state index in [4.69, 9.17) is 12.0 Å². The molecule has 0 spiro atoms. The molecule has 0 heterocycles. The fraction of sp³-hybridized carbons (Fsp3) is 0.600. The van der Waals surface area contributed by atoms with E-state index in [2.05, 4.69) is 0 Å². The van der Waals surface area contributed by atoms with Crippen molar-refractivity contribution in [2.24, 2.45) is 0 Å². The minimum Gasteiger partial charge on any atom is -0.508 e. The van der Waals surface area contributed by atoms with E-state index >= 15 is 0 Å². The summed E-state index contributed by atoms with van der Waals surface area (Å²) in [5, 5.41) is 18.2. The maximum atomic E-state index is 9.31. The van der Waals surface area contributed by atoms with Crippen molar-refractivity contribution in [2.45, 2.75) is 39.1 Å². The quantitative estimate of drug-likeness (QED) is 0.724. The lowest BCUT2D eigenvalue weighted by molar-refractivity contribution is 0.203. The summed E-state index contributed by atoms with van der Waals surface area (Å²) in [6, 6.07) is 6.24. The molecule has 0 aromatic heterocycles. The van der Waals surface area contributed by atoms with Gasteiger partial charge in [-0.3, -0.25) is 0 Å². The summed E-state index contributed by atoms with van der Waals surface area (Å²) in [5.41, 5.74) is 0.892. The van der Waals surface area contributed by atoms with Gasteiger partial charge in [0.25, 0.3) is 0 Å². The predicted molar refractivity (Wildman–Crippen MR) is 82.1 cm³/mol. The van der Waals surface area contributed by atoms with Gasteiger partial charge in [-0.25, -0.2) is 0 Å². The Morgan fingerprint density at radius 1 is 1.32 bits per heavy atom. The first-order valence-corrected chi connectivity index (χ1v) is 6.25. The van der Waals surface area contributed by atoms with Crippen molar-refractivity contribution >= 4 is 12.4 Å². The van der Waals surface area contributed by atoms with Crippen molar-refractivity contribution in [1.29, 1.82) is 0 Å². The number of rotatable bonds is 8. The lowest BCUT2D eigenvalue weighted by Gasteiger charge is -2.28. The lowest BCUT2D eigenvalue weighted by atomic mass is 10.1. The summed E-state index contributed by atoms with van der Waals surface area (Å²) >= 11 is 0. The molecule has 19 heavy (non-hydrogen) atoms. The first-order valence-electron chi connectivity index (χ1n) is 8.75. The highest BCUT2D eigenvalue weighted by Gasteiger charge is 2.12. The molecule has 0 bridgehead atoms. The van der Waals surface area contributed by atoms with Crippen LogP contribution in [0.1, 0.15) is 39.0 Å². The number of hydrogen-bond donors (Lipinski definition) is 2. The predicted octanol–water partition coefficient (Wildman–Crippen LogP) is 2.84. The molecule has 0 aliphatic rings. The van der Waals surface area contributed by atoms with Crippen LogP contribution >= 0.6 is 12.4 Å². The van der Waals surface area contributed by atoms with Crippen LogP contribution in [0.25, 0.3) is 0 Å². The van der Waals surface area contributed by atoms with E-state index in [1.807, 2.05) is 0 Å². The number of likely N-dealkylation sites (N-methyl/N-ethyl adjacent to an activating group) is 1. The molecule has 0 saturated heterocycles. The molecule has 0 radical (unpaired) electrons. The lowest BCUT2D eigenvalue weighted by Crippen LogP contribution is -2.35. The largest absolute Gasteiger partial charge is 0.508 e. The molecule has 0 aliphatic heterocycles. The summed E-state index contributed by atoms with van der Waals surface area (Å²) in [4.78, 5) is 1.35. The minimum atomic E-state index is -2.75. The normalized spacial score (nSPS) is 17.5. The molecular weight excluding hydrogens is 262 g/mol. The van der Waals surface area contributed by atoms with E-state index < -0.39 is 13.3 Å². The number of aliphatic hydroxyl groups excluding tert-OH is 1. The number of unbranched alkanes of at least 4 members (excludes halogenated alkanes) is 1. The van der Waals surface area contributed by atoms with Gasteiger partial charge in [0, 0.05) is 19.5 Å². The molecule has 4 heteroatoms. The van der Waals surface area contributed by atoms with Crippen LogP contribution in [0.2, 0.25) is 0 Å². The zero-order valence-corrected chi connectivity index (χ0v) is 12.0. The molecule has 0 amide bonds. The van der Waals surface area contributed by atoms with Crippen molar-refractivity contribution in [1.82, 2.24) is 4.90 Å². The van der Waals surface area contributed by atoms with Gasteiger partial charge in [0.15, 0.2) is 0 Å². The number of benzene rings is 1. The Kier molecular flexibility index (Phi) is 5.80. The van der Waals surface area contributed by atoms with E-state index in [0.29, 0.717) is 19.3 Å². The first-order chi connectivity index (χ1) is 10.6.